The summed E-state index contributed by atoms with van der Waals surface area (Å²) in [5, 5.41) is 6.23. The first-order valence-electron chi connectivity index (χ1n) is 9.13. The molecule has 0 radical (unpaired) electrons. The van der Waals surface area contributed by atoms with Crippen molar-refractivity contribution in [2.24, 2.45) is 5.92 Å². The van der Waals surface area contributed by atoms with Crippen LogP contribution in [-0.4, -0.2) is 29.8 Å². The van der Waals surface area contributed by atoms with E-state index < -0.39 is 14.8 Å². The summed E-state index contributed by atoms with van der Waals surface area (Å²) in [7, 11) is -3.36. The molecule has 1 saturated carbocycles. The fourth-order valence-electron chi connectivity index (χ4n) is 3.22. The molecule has 150 valence electrons. The van der Waals surface area contributed by atoms with Crippen molar-refractivity contribution in [1.82, 2.24) is 4.72 Å². The lowest BCUT2D eigenvalue weighted by molar-refractivity contribution is -0.120. The lowest BCUT2D eigenvalue weighted by Gasteiger charge is -2.30. The molecule has 0 aromatic heterocycles. The normalized spacial score (nSPS) is 25.6. The highest BCUT2D eigenvalue weighted by molar-refractivity contribution is 8.10. The summed E-state index contributed by atoms with van der Waals surface area (Å²) in [4.78, 5) is 13.7. The lowest BCUT2D eigenvalue weighted by atomic mass is 9.86. The zero-order valence-corrected chi connectivity index (χ0v) is 18.3. The number of fused-ring (bicyclic) bond motifs is 1. The Morgan fingerprint density at radius 2 is 1.89 bits per heavy atom. The SMILES string of the molecule is CC(C)(C)S(=O)(=O)NC1CCC(C(=O)Nc2ccc3c(c2)NC(S)S3)CC1. The number of sulfonamides is 1. The quantitative estimate of drug-likeness (QED) is 0.549. The van der Waals surface area contributed by atoms with Crippen molar-refractivity contribution in [3.63, 3.8) is 0 Å². The molecule has 1 atom stereocenters. The van der Waals surface area contributed by atoms with Crippen molar-refractivity contribution in [2.45, 2.75) is 66.8 Å². The molecule has 1 aromatic rings. The fraction of sp³-hybridized carbons (Fsp3) is 0.611. The van der Waals surface area contributed by atoms with E-state index >= 15 is 0 Å². The van der Waals surface area contributed by atoms with Crippen LogP contribution in [-0.2, 0) is 14.8 Å². The minimum absolute atomic E-state index is 0.000141. The van der Waals surface area contributed by atoms with Gasteiger partial charge in [-0.3, -0.25) is 4.79 Å². The Morgan fingerprint density at radius 3 is 2.52 bits per heavy atom. The van der Waals surface area contributed by atoms with E-state index in [0.717, 1.165) is 16.3 Å². The highest BCUT2D eigenvalue weighted by Gasteiger charge is 2.34. The molecule has 1 fully saturated rings. The molecule has 27 heavy (non-hydrogen) atoms. The largest absolute Gasteiger partial charge is 0.364 e. The van der Waals surface area contributed by atoms with Crippen LogP contribution in [0.15, 0.2) is 23.1 Å². The van der Waals surface area contributed by atoms with E-state index in [-0.39, 0.29) is 22.6 Å². The van der Waals surface area contributed by atoms with Gasteiger partial charge in [-0.25, -0.2) is 13.1 Å². The highest BCUT2D eigenvalue weighted by Crippen LogP contribution is 2.41. The summed E-state index contributed by atoms with van der Waals surface area (Å²) in [5.74, 6) is -0.0891. The number of thiol groups is 1. The van der Waals surface area contributed by atoms with E-state index in [0.29, 0.717) is 25.7 Å². The molecule has 6 nitrogen and oxygen atoms in total. The third-order valence-electron chi connectivity index (χ3n) is 4.99. The van der Waals surface area contributed by atoms with Crippen LogP contribution in [0.1, 0.15) is 46.5 Å². The van der Waals surface area contributed by atoms with E-state index in [2.05, 4.69) is 28.0 Å². The van der Waals surface area contributed by atoms with Gasteiger partial charge in [-0.2, -0.15) is 0 Å². The summed E-state index contributed by atoms with van der Waals surface area (Å²) < 4.78 is 26.6. The standard InChI is InChI=1S/C18H27N3O3S3/c1-18(2,3)27(23,24)21-12-6-4-11(5-7-12)16(22)19-13-8-9-15-14(10-13)20-17(25)26-15/h8-12,17,20-21,25H,4-7H2,1-3H3,(H,19,22). The molecule has 1 heterocycles. The molecule has 3 N–H and O–H groups in total. The van der Waals surface area contributed by atoms with E-state index in [1.807, 2.05) is 18.2 Å². The van der Waals surface area contributed by atoms with Gasteiger partial charge < -0.3 is 10.6 Å². The monoisotopic (exact) mass is 429 g/mol. The van der Waals surface area contributed by atoms with Gasteiger partial charge in [-0.1, -0.05) is 11.8 Å². The molecule has 3 rings (SSSR count). The molecule has 0 bridgehead atoms. The van der Waals surface area contributed by atoms with Crippen LogP contribution in [0.5, 0.6) is 0 Å². The van der Waals surface area contributed by atoms with Gasteiger partial charge in [0.15, 0.2) is 0 Å². The number of amides is 1. The predicted molar refractivity (Wildman–Crippen MR) is 115 cm³/mol. The number of benzene rings is 1. The first-order valence-corrected chi connectivity index (χ1v) is 12.0. The van der Waals surface area contributed by atoms with Crippen LogP contribution >= 0.6 is 24.4 Å². The van der Waals surface area contributed by atoms with E-state index in [1.165, 1.54) is 0 Å². The van der Waals surface area contributed by atoms with Crippen molar-refractivity contribution in [3.8, 4) is 0 Å². The maximum Gasteiger partial charge on any atom is 0.227 e. The predicted octanol–water partition coefficient (Wildman–Crippen LogP) is 3.63. The highest BCUT2D eigenvalue weighted by atomic mass is 32.2. The summed E-state index contributed by atoms with van der Waals surface area (Å²) in [6, 6.07) is 5.73. The average molecular weight is 430 g/mol. The number of nitrogens with one attached hydrogen (secondary N) is 3. The molecule has 1 unspecified atom stereocenters. The number of rotatable bonds is 4. The number of carbonyl (C=O) groups is 1. The summed E-state index contributed by atoms with van der Waals surface area (Å²) in [6.07, 6.45) is 2.72. The Kier molecular flexibility index (Phi) is 6.05. The van der Waals surface area contributed by atoms with Crippen LogP contribution in [0, 0.1) is 5.92 Å². The first kappa shape index (κ1) is 20.8. The van der Waals surface area contributed by atoms with Crippen LogP contribution in [0.4, 0.5) is 11.4 Å². The molecular weight excluding hydrogens is 402 g/mol. The van der Waals surface area contributed by atoms with Crippen molar-refractivity contribution < 1.29 is 13.2 Å². The fourth-order valence-corrected chi connectivity index (χ4v) is 5.55. The molecule has 1 aliphatic carbocycles. The molecule has 9 heteroatoms. The molecule has 0 saturated heterocycles. The third-order valence-corrected chi connectivity index (χ3v) is 8.64. The number of anilines is 2. The van der Waals surface area contributed by atoms with Crippen molar-refractivity contribution >= 4 is 51.7 Å². The van der Waals surface area contributed by atoms with Gasteiger partial charge in [0.2, 0.25) is 15.9 Å². The average Bonchev–Trinajstić information content (AvgIpc) is 2.93. The summed E-state index contributed by atoms with van der Waals surface area (Å²) in [6.45, 7) is 5.07. The third kappa shape index (κ3) is 4.93. The zero-order chi connectivity index (χ0) is 19.8. The Hall–Kier alpha value is -0.900. The maximum atomic E-state index is 12.6. The zero-order valence-electron chi connectivity index (χ0n) is 15.8. The molecule has 0 spiro atoms. The van der Waals surface area contributed by atoms with Gasteiger partial charge in [0.25, 0.3) is 0 Å². The number of hydrogen-bond donors (Lipinski definition) is 4. The van der Waals surface area contributed by atoms with Gasteiger partial charge in [-0.15, -0.1) is 12.6 Å². The summed E-state index contributed by atoms with van der Waals surface area (Å²) >= 11 is 6.03. The minimum atomic E-state index is -3.36. The topological polar surface area (TPSA) is 87.3 Å². The number of carbonyl (C=O) groups excluding carboxylic acids is 1. The second-order valence-electron chi connectivity index (χ2n) is 8.10. The first-order chi connectivity index (χ1) is 12.5. The van der Waals surface area contributed by atoms with Gasteiger partial charge in [0, 0.05) is 22.5 Å². The molecule has 1 amide bonds. The van der Waals surface area contributed by atoms with Gasteiger partial charge in [0.05, 0.1) is 10.4 Å². The Labute approximate surface area is 171 Å². The Morgan fingerprint density at radius 1 is 1.22 bits per heavy atom. The second-order valence-corrected chi connectivity index (χ2v) is 12.6. The van der Waals surface area contributed by atoms with Crippen LogP contribution in [0.3, 0.4) is 0 Å². The van der Waals surface area contributed by atoms with Gasteiger partial charge in [-0.05, 0) is 64.7 Å². The minimum Gasteiger partial charge on any atom is -0.364 e. The smallest absolute Gasteiger partial charge is 0.227 e. The van der Waals surface area contributed by atoms with Crippen molar-refractivity contribution in [2.75, 3.05) is 10.6 Å². The number of hydrogen-bond acceptors (Lipinski definition) is 6. The van der Waals surface area contributed by atoms with Crippen molar-refractivity contribution in [1.29, 1.82) is 0 Å². The lowest BCUT2D eigenvalue weighted by Crippen LogP contribution is -2.46. The molecule has 1 aliphatic heterocycles. The van der Waals surface area contributed by atoms with E-state index in [9.17, 15) is 13.2 Å². The van der Waals surface area contributed by atoms with E-state index in [1.54, 1.807) is 32.5 Å². The maximum absolute atomic E-state index is 12.6. The summed E-state index contributed by atoms with van der Waals surface area (Å²) in [5.41, 5.74) is 1.75. The van der Waals surface area contributed by atoms with Crippen LogP contribution < -0.4 is 15.4 Å². The number of thioether (sulfide) groups is 1. The van der Waals surface area contributed by atoms with Gasteiger partial charge >= 0.3 is 0 Å². The van der Waals surface area contributed by atoms with Crippen molar-refractivity contribution in [3.05, 3.63) is 18.2 Å². The van der Waals surface area contributed by atoms with E-state index in [4.69, 9.17) is 0 Å². The van der Waals surface area contributed by atoms with Crippen LogP contribution in [0.2, 0.25) is 0 Å². The molecule has 2 aliphatic rings. The van der Waals surface area contributed by atoms with Gasteiger partial charge in [0.1, 0.15) is 4.71 Å². The molecule has 1 aromatic carbocycles. The Balaban J connectivity index is 1.53. The Bertz CT molecular complexity index is 813. The second kappa shape index (κ2) is 7.85. The van der Waals surface area contributed by atoms with Crippen LogP contribution in [0.25, 0.3) is 0 Å². The molecular formula is C18H27N3O3S3.